The highest BCUT2D eigenvalue weighted by Crippen LogP contribution is 2.15. The summed E-state index contributed by atoms with van der Waals surface area (Å²) in [4.78, 5) is 24.5. The van der Waals surface area contributed by atoms with Gasteiger partial charge < -0.3 is 14.0 Å². The zero-order valence-electron chi connectivity index (χ0n) is 13.7. The van der Waals surface area contributed by atoms with Crippen LogP contribution in [0.1, 0.15) is 35.6 Å². The van der Waals surface area contributed by atoms with Crippen LogP contribution in [-0.4, -0.2) is 17.1 Å². The highest BCUT2D eigenvalue weighted by molar-refractivity contribution is 5.90. The molecular weight excluding hydrogens is 294 g/mol. The minimum Gasteiger partial charge on any atom is -0.487 e. The number of carbonyl (C=O) groups is 1. The van der Waals surface area contributed by atoms with Crippen molar-refractivity contribution in [2.24, 2.45) is 0 Å². The smallest absolute Gasteiger partial charge is 0.344 e. The zero-order valence-corrected chi connectivity index (χ0v) is 13.7. The summed E-state index contributed by atoms with van der Waals surface area (Å²) >= 11 is 0. The van der Waals surface area contributed by atoms with Crippen molar-refractivity contribution in [1.29, 1.82) is 0 Å². The highest BCUT2D eigenvalue weighted by Gasteiger charge is 2.21. The van der Waals surface area contributed by atoms with Crippen LogP contribution in [0.2, 0.25) is 0 Å². The molecule has 0 saturated carbocycles. The number of esters is 1. The van der Waals surface area contributed by atoms with Gasteiger partial charge in [-0.25, -0.2) is 4.79 Å². The lowest BCUT2D eigenvalue weighted by molar-refractivity contribution is 0.0520. The average Bonchev–Trinajstić information content (AvgIpc) is 2.53. The number of nitrogens with zero attached hydrogens (tertiary/aromatic N) is 1. The number of hydrogen-bond acceptors (Lipinski definition) is 4. The zero-order chi connectivity index (χ0) is 16.8. The molecule has 0 radical (unpaired) electrons. The van der Waals surface area contributed by atoms with Crippen LogP contribution in [0.5, 0.6) is 5.75 Å². The molecule has 5 heteroatoms. The number of carbonyl (C=O) groups excluding carboxylic acids is 1. The molecule has 0 bridgehead atoms. The molecule has 1 heterocycles. The van der Waals surface area contributed by atoms with Gasteiger partial charge in [-0.1, -0.05) is 18.2 Å². The fraction of sp³-hybridized carbons (Fsp3) is 0.333. The number of hydrogen-bond donors (Lipinski definition) is 0. The molecule has 0 spiro atoms. The number of pyridine rings is 1. The Bertz CT molecular complexity index is 735. The van der Waals surface area contributed by atoms with E-state index in [1.54, 1.807) is 6.92 Å². The molecule has 23 heavy (non-hydrogen) atoms. The van der Waals surface area contributed by atoms with Crippen molar-refractivity contribution in [2.45, 2.75) is 33.9 Å². The Hall–Kier alpha value is -2.56. The third-order valence-corrected chi connectivity index (χ3v) is 3.54. The predicted octanol–water partition coefficient (Wildman–Crippen LogP) is 2.93. The van der Waals surface area contributed by atoms with Crippen molar-refractivity contribution in [2.75, 3.05) is 6.61 Å². The molecule has 0 amide bonds. The molecular formula is C18H21NO4. The van der Waals surface area contributed by atoms with E-state index in [2.05, 4.69) is 0 Å². The SMILES string of the molecule is CCOC(=O)c1c(COc2ccccc2)n(CC)c(C)cc1=O. The van der Waals surface area contributed by atoms with E-state index in [0.717, 1.165) is 5.69 Å². The average molecular weight is 315 g/mol. The fourth-order valence-electron chi connectivity index (χ4n) is 2.51. The summed E-state index contributed by atoms with van der Waals surface area (Å²) in [6.07, 6.45) is 0. The second kappa shape index (κ2) is 7.63. The van der Waals surface area contributed by atoms with Gasteiger partial charge in [0, 0.05) is 18.3 Å². The first-order chi connectivity index (χ1) is 11.1. The molecule has 0 atom stereocenters. The van der Waals surface area contributed by atoms with Gasteiger partial charge >= 0.3 is 5.97 Å². The maximum absolute atomic E-state index is 12.3. The summed E-state index contributed by atoms with van der Waals surface area (Å²) < 4.78 is 12.7. The Morgan fingerprint density at radius 1 is 1.17 bits per heavy atom. The Kier molecular flexibility index (Phi) is 5.57. The first-order valence-corrected chi connectivity index (χ1v) is 7.66. The van der Waals surface area contributed by atoms with E-state index in [1.165, 1.54) is 6.07 Å². The van der Waals surface area contributed by atoms with Crippen LogP contribution in [0.3, 0.4) is 0 Å². The normalized spacial score (nSPS) is 10.4. The Morgan fingerprint density at radius 2 is 1.87 bits per heavy atom. The molecule has 5 nitrogen and oxygen atoms in total. The molecule has 0 aliphatic heterocycles. The van der Waals surface area contributed by atoms with Crippen LogP contribution in [-0.2, 0) is 17.9 Å². The first kappa shape index (κ1) is 16.8. The lowest BCUT2D eigenvalue weighted by atomic mass is 10.1. The topological polar surface area (TPSA) is 57.5 Å². The summed E-state index contributed by atoms with van der Waals surface area (Å²) in [5.41, 5.74) is 1.05. The summed E-state index contributed by atoms with van der Waals surface area (Å²) in [7, 11) is 0. The van der Waals surface area contributed by atoms with Crippen molar-refractivity contribution < 1.29 is 14.3 Å². The maximum Gasteiger partial charge on any atom is 0.344 e. The van der Waals surface area contributed by atoms with Crippen LogP contribution in [0, 0.1) is 6.92 Å². The van der Waals surface area contributed by atoms with Gasteiger partial charge in [0.15, 0.2) is 5.43 Å². The van der Waals surface area contributed by atoms with Gasteiger partial charge in [0.05, 0.1) is 12.3 Å². The number of ether oxygens (including phenoxy) is 2. The van der Waals surface area contributed by atoms with Gasteiger partial charge in [0.2, 0.25) is 0 Å². The molecule has 0 fully saturated rings. The summed E-state index contributed by atoms with van der Waals surface area (Å²) in [5.74, 6) is 0.0743. The van der Waals surface area contributed by atoms with Gasteiger partial charge in [-0.3, -0.25) is 4.79 Å². The molecule has 0 unspecified atom stereocenters. The number of para-hydroxylation sites is 1. The second-order valence-corrected chi connectivity index (χ2v) is 5.04. The lowest BCUT2D eigenvalue weighted by Crippen LogP contribution is -2.26. The van der Waals surface area contributed by atoms with Gasteiger partial charge in [0.1, 0.15) is 17.9 Å². The van der Waals surface area contributed by atoms with Crippen LogP contribution >= 0.6 is 0 Å². The van der Waals surface area contributed by atoms with E-state index in [4.69, 9.17) is 9.47 Å². The van der Waals surface area contributed by atoms with E-state index in [0.29, 0.717) is 18.0 Å². The molecule has 2 rings (SSSR count). The fourth-order valence-corrected chi connectivity index (χ4v) is 2.51. The maximum atomic E-state index is 12.3. The van der Waals surface area contributed by atoms with Gasteiger partial charge in [-0.05, 0) is 32.9 Å². The van der Waals surface area contributed by atoms with Crippen molar-refractivity contribution in [3.05, 3.63) is 63.6 Å². The monoisotopic (exact) mass is 315 g/mol. The molecule has 1 aromatic carbocycles. The molecule has 2 aromatic rings. The van der Waals surface area contributed by atoms with Crippen molar-refractivity contribution in [3.63, 3.8) is 0 Å². The Labute approximate surface area is 135 Å². The van der Waals surface area contributed by atoms with Crippen molar-refractivity contribution >= 4 is 5.97 Å². The second-order valence-electron chi connectivity index (χ2n) is 5.04. The van der Waals surface area contributed by atoms with Gasteiger partial charge in [0.25, 0.3) is 0 Å². The van der Waals surface area contributed by atoms with E-state index in [9.17, 15) is 9.59 Å². The van der Waals surface area contributed by atoms with Crippen LogP contribution < -0.4 is 10.2 Å². The number of rotatable bonds is 6. The van der Waals surface area contributed by atoms with E-state index < -0.39 is 5.97 Å². The minimum absolute atomic E-state index is 0.0511. The van der Waals surface area contributed by atoms with Crippen LogP contribution in [0.25, 0.3) is 0 Å². The molecule has 1 aromatic heterocycles. The Morgan fingerprint density at radius 3 is 2.48 bits per heavy atom. The van der Waals surface area contributed by atoms with E-state index in [1.807, 2.05) is 48.7 Å². The summed E-state index contributed by atoms with van der Waals surface area (Å²) in [6.45, 7) is 6.49. The largest absolute Gasteiger partial charge is 0.487 e. The van der Waals surface area contributed by atoms with E-state index >= 15 is 0 Å². The molecule has 0 aliphatic carbocycles. The number of aromatic nitrogens is 1. The standard InChI is InChI=1S/C18H21NO4/c1-4-19-13(3)11-16(20)17(18(21)22-5-2)15(19)12-23-14-9-7-6-8-10-14/h6-11H,4-5,12H2,1-3H3. The molecule has 0 aliphatic rings. The minimum atomic E-state index is -0.605. The van der Waals surface area contributed by atoms with Gasteiger partial charge in [-0.2, -0.15) is 0 Å². The van der Waals surface area contributed by atoms with Crippen LogP contribution in [0.15, 0.2) is 41.2 Å². The Balaban J connectivity index is 2.45. The summed E-state index contributed by atoms with van der Waals surface area (Å²) in [5, 5.41) is 0. The number of aryl methyl sites for hydroxylation is 1. The van der Waals surface area contributed by atoms with Crippen LogP contribution in [0.4, 0.5) is 0 Å². The third-order valence-electron chi connectivity index (χ3n) is 3.54. The lowest BCUT2D eigenvalue weighted by Gasteiger charge is -2.18. The quantitative estimate of drug-likeness (QED) is 0.769. The molecule has 0 N–H and O–H groups in total. The van der Waals surface area contributed by atoms with Gasteiger partial charge in [-0.15, -0.1) is 0 Å². The highest BCUT2D eigenvalue weighted by atomic mass is 16.5. The predicted molar refractivity (Wildman–Crippen MR) is 87.8 cm³/mol. The summed E-state index contributed by atoms with van der Waals surface area (Å²) in [6, 6.07) is 10.7. The van der Waals surface area contributed by atoms with Crippen molar-refractivity contribution in [1.82, 2.24) is 4.57 Å². The third kappa shape index (κ3) is 3.80. The first-order valence-electron chi connectivity index (χ1n) is 7.66. The molecule has 0 saturated heterocycles. The number of benzene rings is 1. The van der Waals surface area contributed by atoms with Crippen molar-refractivity contribution in [3.8, 4) is 5.75 Å². The molecule has 122 valence electrons. The van der Waals surface area contributed by atoms with E-state index in [-0.39, 0.29) is 24.2 Å².